The summed E-state index contributed by atoms with van der Waals surface area (Å²) in [5.41, 5.74) is 3.61. The van der Waals surface area contributed by atoms with Gasteiger partial charge in [0, 0.05) is 55.4 Å². The SMILES string of the molecule is COc1cc(C)c2[nH]ccc2c1CN1CCN(CC(F)F)CC1.O=C(O)c1cccc2c1OCCO2. The van der Waals surface area contributed by atoms with Crippen LogP contribution in [0.4, 0.5) is 8.78 Å². The number of hydrogen-bond acceptors (Lipinski definition) is 6. The van der Waals surface area contributed by atoms with Gasteiger partial charge in [-0.25, -0.2) is 13.6 Å². The van der Waals surface area contributed by atoms with E-state index in [1.807, 2.05) is 11.1 Å². The van der Waals surface area contributed by atoms with E-state index in [0.29, 0.717) is 37.8 Å². The van der Waals surface area contributed by atoms with Gasteiger partial charge in [-0.05, 0) is 36.8 Å². The molecule has 8 nitrogen and oxygen atoms in total. The Bertz CT molecular complexity index is 1190. The Morgan fingerprint density at radius 3 is 2.56 bits per heavy atom. The van der Waals surface area contributed by atoms with E-state index in [-0.39, 0.29) is 12.1 Å². The topological polar surface area (TPSA) is 87.3 Å². The van der Waals surface area contributed by atoms with Gasteiger partial charge in [0.1, 0.15) is 24.5 Å². The van der Waals surface area contributed by atoms with Crippen molar-refractivity contribution in [3.63, 3.8) is 0 Å². The molecule has 2 N–H and O–H groups in total. The molecule has 0 aliphatic carbocycles. The highest BCUT2D eigenvalue weighted by Gasteiger charge is 2.22. The Morgan fingerprint density at radius 2 is 1.86 bits per heavy atom. The number of nitrogens with one attached hydrogen (secondary N) is 1. The van der Waals surface area contributed by atoms with E-state index in [1.54, 1.807) is 19.2 Å². The predicted molar refractivity (Wildman–Crippen MR) is 132 cm³/mol. The number of aromatic carboxylic acids is 1. The third-order valence-electron chi connectivity index (χ3n) is 6.37. The minimum absolute atomic E-state index is 0.121. The van der Waals surface area contributed by atoms with Crippen molar-refractivity contribution < 1.29 is 32.9 Å². The van der Waals surface area contributed by atoms with Gasteiger partial charge in [-0.2, -0.15) is 0 Å². The maximum atomic E-state index is 12.5. The lowest BCUT2D eigenvalue weighted by Gasteiger charge is -2.34. The number of aromatic nitrogens is 1. The van der Waals surface area contributed by atoms with E-state index in [4.69, 9.17) is 19.3 Å². The quantitative estimate of drug-likeness (QED) is 0.525. The number of carbonyl (C=O) groups is 1. The van der Waals surface area contributed by atoms with Gasteiger partial charge in [-0.15, -0.1) is 0 Å². The molecule has 2 aromatic carbocycles. The largest absolute Gasteiger partial charge is 0.496 e. The maximum absolute atomic E-state index is 12.5. The molecule has 3 aromatic rings. The van der Waals surface area contributed by atoms with Crippen LogP contribution in [0.5, 0.6) is 17.2 Å². The van der Waals surface area contributed by atoms with E-state index in [9.17, 15) is 13.6 Å². The van der Waals surface area contributed by atoms with Crippen LogP contribution in [-0.4, -0.2) is 85.3 Å². The molecule has 0 spiro atoms. The smallest absolute Gasteiger partial charge is 0.339 e. The number of aromatic amines is 1. The first kappa shape index (κ1) is 25.7. The summed E-state index contributed by atoms with van der Waals surface area (Å²) in [6.07, 6.45) is -0.306. The van der Waals surface area contributed by atoms with Crippen molar-refractivity contribution in [3.8, 4) is 17.2 Å². The van der Waals surface area contributed by atoms with Crippen molar-refractivity contribution in [2.75, 3.05) is 53.0 Å². The third-order valence-corrected chi connectivity index (χ3v) is 6.37. The van der Waals surface area contributed by atoms with Crippen LogP contribution >= 0.6 is 0 Å². The van der Waals surface area contributed by atoms with Gasteiger partial charge in [-0.3, -0.25) is 9.80 Å². The molecule has 0 bridgehead atoms. The van der Waals surface area contributed by atoms with Crippen molar-refractivity contribution in [3.05, 3.63) is 53.2 Å². The normalized spacial score (nSPS) is 16.0. The lowest BCUT2D eigenvalue weighted by molar-refractivity contribution is 0.0542. The molecule has 0 saturated carbocycles. The number of hydrogen-bond donors (Lipinski definition) is 2. The zero-order chi connectivity index (χ0) is 25.7. The predicted octanol–water partition coefficient (Wildman–Crippen LogP) is 4.02. The van der Waals surface area contributed by atoms with Crippen LogP contribution < -0.4 is 14.2 Å². The van der Waals surface area contributed by atoms with E-state index in [0.717, 1.165) is 42.0 Å². The van der Waals surface area contributed by atoms with Gasteiger partial charge < -0.3 is 24.3 Å². The van der Waals surface area contributed by atoms with E-state index >= 15 is 0 Å². The number of benzene rings is 2. The minimum Gasteiger partial charge on any atom is -0.496 e. The highest BCUT2D eigenvalue weighted by molar-refractivity contribution is 5.92. The van der Waals surface area contributed by atoms with Crippen molar-refractivity contribution in [1.29, 1.82) is 0 Å². The Labute approximate surface area is 208 Å². The van der Waals surface area contributed by atoms with Crippen molar-refractivity contribution in [2.24, 2.45) is 0 Å². The number of carboxylic acids is 1. The van der Waals surface area contributed by atoms with Crippen LogP contribution in [-0.2, 0) is 6.54 Å². The zero-order valence-electron chi connectivity index (χ0n) is 20.4. The second-order valence-corrected chi connectivity index (χ2v) is 8.74. The molecule has 1 fully saturated rings. The summed E-state index contributed by atoms with van der Waals surface area (Å²) < 4.78 is 40.9. The molecule has 1 saturated heterocycles. The summed E-state index contributed by atoms with van der Waals surface area (Å²) in [5.74, 6) is 0.736. The monoisotopic (exact) mass is 503 g/mol. The Morgan fingerprint density at radius 1 is 1.14 bits per heavy atom. The first-order chi connectivity index (χ1) is 17.4. The number of nitrogens with zero attached hydrogens (tertiary/aromatic N) is 2. The number of H-pyrrole nitrogens is 1. The number of ether oxygens (including phenoxy) is 3. The summed E-state index contributed by atoms with van der Waals surface area (Å²) >= 11 is 0. The fourth-order valence-corrected chi connectivity index (χ4v) is 4.57. The van der Waals surface area contributed by atoms with Crippen molar-refractivity contribution in [1.82, 2.24) is 14.8 Å². The van der Waals surface area contributed by atoms with E-state index < -0.39 is 12.4 Å². The zero-order valence-corrected chi connectivity index (χ0v) is 20.4. The number of halogens is 2. The van der Waals surface area contributed by atoms with Gasteiger partial charge >= 0.3 is 5.97 Å². The van der Waals surface area contributed by atoms with Crippen LogP contribution in [0.1, 0.15) is 21.5 Å². The van der Waals surface area contributed by atoms with Gasteiger partial charge in [0.15, 0.2) is 11.5 Å². The maximum Gasteiger partial charge on any atom is 0.339 e. The molecule has 3 heterocycles. The molecular weight excluding hydrogens is 472 g/mol. The minimum atomic E-state index is -2.25. The first-order valence-electron chi connectivity index (χ1n) is 11.9. The van der Waals surface area contributed by atoms with Crippen LogP contribution in [0, 0.1) is 6.92 Å². The first-order valence-corrected chi connectivity index (χ1v) is 11.9. The molecule has 0 atom stereocenters. The summed E-state index contributed by atoms with van der Waals surface area (Å²) in [6.45, 7) is 6.57. The number of fused-ring (bicyclic) bond motifs is 2. The van der Waals surface area contributed by atoms with Crippen LogP contribution in [0.25, 0.3) is 10.9 Å². The standard InChI is InChI=1S/C17H23F2N3O.C9H8O4/c1-12-9-15(23-2)14(13-3-4-20-17(12)13)10-21-5-7-22(8-6-21)11-16(18)19;10-9(11)6-2-1-3-7-8(6)13-5-4-12-7/h3-4,9,16,20H,5-8,10-11H2,1-2H3;1-3H,4-5H2,(H,10,11). The highest BCUT2D eigenvalue weighted by atomic mass is 19.3. The Kier molecular flexibility index (Phi) is 8.27. The lowest BCUT2D eigenvalue weighted by Crippen LogP contribution is -2.47. The molecule has 0 unspecified atom stereocenters. The lowest BCUT2D eigenvalue weighted by atomic mass is 10.0. The molecule has 10 heteroatoms. The average Bonchev–Trinajstić information content (AvgIpc) is 3.37. The van der Waals surface area contributed by atoms with E-state index in [2.05, 4.69) is 28.9 Å². The summed E-state index contributed by atoms with van der Waals surface area (Å²) in [4.78, 5) is 18.2. The van der Waals surface area contributed by atoms with Gasteiger partial charge in [0.25, 0.3) is 6.43 Å². The summed E-state index contributed by atoms with van der Waals surface area (Å²) in [6, 6.07) is 8.96. The molecule has 1 aromatic heterocycles. The Balaban J connectivity index is 0.000000197. The molecular formula is C26H31F2N3O5. The summed E-state index contributed by atoms with van der Waals surface area (Å²) in [5, 5.41) is 9.98. The van der Waals surface area contributed by atoms with Gasteiger partial charge in [-0.1, -0.05) is 6.07 Å². The third kappa shape index (κ3) is 5.88. The number of methoxy groups -OCH3 is 1. The second-order valence-electron chi connectivity index (χ2n) is 8.74. The van der Waals surface area contributed by atoms with E-state index in [1.165, 1.54) is 11.5 Å². The molecule has 2 aliphatic rings. The highest BCUT2D eigenvalue weighted by Crippen LogP contribution is 2.33. The second kappa shape index (κ2) is 11.6. The molecule has 2 aliphatic heterocycles. The van der Waals surface area contributed by atoms with Gasteiger partial charge in [0.2, 0.25) is 0 Å². The molecule has 194 valence electrons. The van der Waals surface area contributed by atoms with Crippen LogP contribution in [0.15, 0.2) is 36.5 Å². The van der Waals surface area contributed by atoms with Crippen LogP contribution in [0.2, 0.25) is 0 Å². The number of aryl methyl sites for hydroxylation is 1. The van der Waals surface area contributed by atoms with Crippen molar-refractivity contribution in [2.45, 2.75) is 19.9 Å². The number of para-hydroxylation sites is 1. The number of rotatable bonds is 6. The molecule has 0 radical (unpaired) electrons. The molecule has 0 amide bonds. The number of alkyl halides is 2. The van der Waals surface area contributed by atoms with Gasteiger partial charge in [0.05, 0.1) is 13.7 Å². The fourth-order valence-electron chi connectivity index (χ4n) is 4.57. The molecule has 36 heavy (non-hydrogen) atoms. The number of piperazine rings is 1. The van der Waals surface area contributed by atoms with Crippen molar-refractivity contribution >= 4 is 16.9 Å². The Hall–Kier alpha value is -3.37. The summed E-state index contributed by atoms with van der Waals surface area (Å²) in [7, 11) is 1.69. The average molecular weight is 504 g/mol. The van der Waals surface area contributed by atoms with Crippen LogP contribution in [0.3, 0.4) is 0 Å². The number of carboxylic acid groups (broad SMARTS) is 1. The molecule has 5 rings (SSSR count). The fraction of sp³-hybridized carbons (Fsp3) is 0.423.